The maximum atomic E-state index is 12.2. The molecule has 1 aliphatic heterocycles. The van der Waals surface area contributed by atoms with Crippen LogP contribution in [0.3, 0.4) is 0 Å². The highest BCUT2D eigenvalue weighted by atomic mass is 32.2. The molecule has 2 aliphatic rings. The van der Waals surface area contributed by atoms with Crippen molar-refractivity contribution in [3.05, 3.63) is 29.3 Å². The third-order valence-corrected chi connectivity index (χ3v) is 6.65. The molecule has 1 heterocycles. The first kappa shape index (κ1) is 13.9. The lowest BCUT2D eigenvalue weighted by Gasteiger charge is -2.36. The zero-order valence-corrected chi connectivity index (χ0v) is 13.0. The smallest absolute Gasteiger partial charge is 0.217 e. The van der Waals surface area contributed by atoms with Gasteiger partial charge in [-0.15, -0.1) is 0 Å². The molecule has 0 unspecified atom stereocenters. The summed E-state index contributed by atoms with van der Waals surface area (Å²) >= 11 is 0. The first-order chi connectivity index (χ1) is 9.48. The molecule has 0 radical (unpaired) electrons. The van der Waals surface area contributed by atoms with Crippen molar-refractivity contribution in [1.82, 2.24) is 4.31 Å². The van der Waals surface area contributed by atoms with Crippen molar-refractivity contribution >= 4 is 15.7 Å². The number of hydrogen-bond acceptors (Lipinski definition) is 3. The molecule has 5 heteroatoms. The summed E-state index contributed by atoms with van der Waals surface area (Å²) in [5.41, 5.74) is 3.75. The van der Waals surface area contributed by atoms with E-state index in [2.05, 4.69) is 36.9 Å². The molecule has 3 rings (SSSR count). The molecule has 0 atom stereocenters. The fourth-order valence-electron chi connectivity index (χ4n) is 2.82. The Balaban J connectivity index is 1.71. The van der Waals surface area contributed by atoms with Gasteiger partial charge < -0.3 is 4.90 Å². The highest BCUT2D eigenvalue weighted by molar-refractivity contribution is 7.90. The summed E-state index contributed by atoms with van der Waals surface area (Å²) in [6.07, 6.45) is 1.69. The van der Waals surface area contributed by atoms with Crippen molar-refractivity contribution in [2.75, 3.05) is 31.1 Å². The molecular weight excluding hydrogens is 272 g/mol. The number of piperazine rings is 1. The molecule has 0 spiro atoms. The van der Waals surface area contributed by atoms with Crippen LogP contribution in [0.15, 0.2) is 18.2 Å². The van der Waals surface area contributed by atoms with Crippen molar-refractivity contribution in [1.29, 1.82) is 0 Å². The first-order valence-electron chi connectivity index (χ1n) is 7.29. The minimum Gasteiger partial charge on any atom is -0.369 e. The Bertz CT molecular complexity index is 600. The van der Waals surface area contributed by atoms with Crippen LogP contribution >= 0.6 is 0 Å². The minimum atomic E-state index is -3.01. The predicted octanol–water partition coefficient (Wildman–Crippen LogP) is 1.92. The van der Waals surface area contributed by atoms with Crippen LogP contribution in [-0.4, -0.2) is 44.2 Å². The van der Waals surface area contributed by atoms with Crippen molar-refractivity contribution in [3.8, 4) is 0 Å². The van der Waals surface area contributed by atoms with E-state index in [0.717, 1.165) is 25.9 Å². The molecule has 1 aliphatic carbocycles. The maximum absolute atomic E-state index is 12.2. The molecule has 2 fully saturated rings. The average molecular weight is 294 g/mol. The Morgan fingerprint density at radius 2 is 1.70 bits per heavy atom. The second kappa shape index (κ2) is 5.04. The van der Waals surface area contributed by atoms with Crippen molar-refractivity contribution in [2.24, 2.45) is 0 Å². The number of benzene rings is 1. The number of rotatable bonds is 3. The molecule has 0 aromatic heterocycles. The minimum absolute atomic E-state index is 0.0882. The summed E-state index contributed by atoms with van der Waals surface area (Å²) in [6.45, 7) is 7.02. The Hall–Kier alpha value is -1.07. The standard InChI is InChI=1S/C15H22N2O2S/c1-12-3-4-13(2)15(11-12)16-7-9-17(10-8-16)20(18,19)14-5-6-14/h3-4,11,14H,5-10H2,1-2H3. The molecule has 1 aromatic rings. The molecule has 0 N–H and O–H groups in total. The van der Waals surface area contributed by atoms with Crippen LogP contribution < -0.4 is 4.90 Å². The van der Waals surface area contributed by atoms with Gasteiger partial charge in [-0.25, -0.2) is 8.42 Å². The van der Waals surface area contributed by atoms with Crippen LogP contribution in [0.25, 0.3) is 0 Å². The van der Waals surface area contributed by atoms with Gasteiger partial charge in [0.1, 0.15) is 0 Å². The van der Waals surface area contributed by atoms with E-state index in [4.69, 9.17) is 0 Å². The van der Waals surface area contributed by atoms with E-state index in [1.165, 1.54) is 16.8 Å². The van der Waals surface area contributed by atoms with Crippen LogP contribution in [0.2, 0.25) is 0 Å². The van der Waals surface area contributed by atoms with E-state index in [0.29, 0.717) is 13.1 Å². The SMILES string of the molecule is Cc1ccc(C)c(N2CCN(S(=O)(=O)C3CC3)CC2)c1. The second-order valence-electron chi connectivity index (χ2n) is 5.92. The fourth-order valence-corrected chi connectivity index (χ4v) is 4.65. The molecule has 1 saturated carbocycles. The van der Waals surface area contributed by atoms with Gasteiger partial charge in [0.15, 0.2) is 0 Å². The summed E-state index contributed by atoms with van der Waals surface area (Å²) in [6, 6.07) is 6.45. The lowest BCUT2D eigenvalue weighted by atomic mass is 10.1. The Labute approximate surface area is 121 Å². The van der Waals surface area contributed by atoms with E-state index in [9.17, 15) is 8.42 Å². The number of aryl methyl sites for hydroxylation is 2. The van der Waals surface area contributed by atoms with Crippen molar-refractivity contribution in [3.63, 3.8) is 0 Å². The Kier molecular flexibility index (Phi) is 3.50. The molecular formula is C15H22N2O2S. The van der Waals surface area contributed by atoms with Gasteiger partial charge in [0.25, 0.3) is 0 Å². The normalized spacial score (nSPS) is 21.2. The zero-order chi connectivity index (χ0) is 14.3. The van der Waals surface area contributed by atoms with Gasteiger partial charge in [0.2, 0.25) is 10.0 Å². The van der Waals surface area contributed by atoms with E-state index in [-0.39, 0.29) is 5.25 Å². The van der Waals surface area contributed by atoms with Gasteiger partial charge in [-0.3, -0.25) is 0 Å². The molecule has 1 aromatic carbocycles. The monoisotopic (exact) mass is 294 g/mol. The second-order valence-corrected chi connectivity index (χ2v) is 8.13. The number of sulfonamides is 1. The average Bonchev–Trinajstić information content (AvgIpc) is 3.26. The van der Waals surface area contributed by atoms with Crippen LogP contribution in [0.5, 0.6) is 0 Å². The lowest BCUT2D eigenvalue weighted by Crippen LogP contribution is -2.49. The van der Waals surface area contributed by atoms with Crippen molar-refractivity contribution < 1.29 is 8.42 Å². The van der Waals surface area contributed by atoms with E-state index >= 15 is 0 Å². The number of nitrogens with zero attached hydrogens (tertiary/aromatic N) is 2. The molecule has 110 valence electrons. The van der Waals surface area contributed by atoms with E-state index in [1.54, 1.807) is 4.31 Å². The van der Waals surface area contributed by atoms with Crippen molar-refractivity contribution in [2.45, 2.75) is 31.9 Å². The quantitative estimate of drug-likeness (QED) is 0.855. The largest absolute Gasteiger partial charge is 0.369 e. The highest BCUT2D eigenvalue weighted by Gasteiger charge is 2.40. The van der Waals surface area contributed by atoms with Gasteiger partial charge in [-0.2, -0.15) is 4.31 Å². The van der Waals surface area contributed by atoms with E-state index < -0.39 is 10.0 Å². The number of hydrogen-bond donors (Lipinski definition) is 0. The van der Waals surface area contributed by atoms with Gasteiger partial charge in [-0.1, -0.05) is 12.1 Å². The van der Waals surface area contributed by atoms with E-state index in [1.807, 2.05) is 0 Å². The molecule has 0 bridgehead atoms. The summed E-state index contributed by atoms with van der Waals surface area (Å²) in [4.78, 5) is 2.31. The summed E-state index contributed by atoms with van der Waals surface area (Å²) < 4.78 is 26.1. The first-order valence-corrected chi connectivity index (χ1v) is 8.80. The summed E-state index contributed by atoms with van der Waals surface area (Å²) in [5, 5.41) is -0.0882. The molecule has 4 nitrogen and oxygen atoms in total. The molecule has 1 saturated heterocycles. The van der Waals surface area contributed by atoms with Gasteiger partial charge >= 0.3 is 0 Å². The maximum Gasteiger partial charge on any atom is 0.217 e. The third kappa shape index (κ3) is 2.56. The molecule has 20 heavy (non-hydrogen) atoms. The van der Waals surface area contributed by atoms with Gasteiger partial charge in [-0.05, 0) is 43.9 Å². The van der Waals surface area contributed by atoms with Gasteiger partial charge in [0.05, 0.1) is 5.25 Å². The Morgan fingerprint density at radius 1 is 1.05 bits per heavy atom. The van der Waals surface area contributed by atoms with Crippen LogP contribution in [0.1, 0.15) is 24.0 Å². The van der Waals surface area contributed by atoms with Crippen LogP contribution in [0.4, 0.5) is 5.69 Å². The predicted molar refractivity (Wildman–Crippen MR) is 81.6 cm³/mol. The Morgan fingerprint density at radius 3 is 2.30 bits per heavy atom. The molecule has 0 amide bonds. The topological polar surface area (TPSA) is 40.6 Å². The lowest BCUT2D eigenvalue weighted by molar-refractivity contribution is 0.384. The van der Waals surface area contributed by atoms with Gasteiger partial charge in [0, 0.05) is 31.9 Å². The third-order valence-electron chi connectivity index (χ3n) is 4.25. The summed E-state index contributed by atoms with van der Waals surface area (Å²) in [7, 11) is -3.01. The van der Waals surface area contributed by atoms with Crippen LogP contribution in [0, 0.1) is 13.8 Å². The summed E-state index contributed by atoms with van der Waals surface area (Å²) in [5.74, 6) is 0. The fraction of sp³-hybridized carbons (Fsp3) is 0.600. The van der Waals surface area contributed by atoms with Crippen LogP contribution in [-0.2, 0) is 10.0 Å². The number of anilines is 1. The zero-order valence-electron chi connectivity index (χ0n) is 12.2. The highest BCUT2D eigenvalue weighted by Crippen LogP contribution is 2.32.